The molecule has 0 aliphatic heterocycles. The maximum atomic E-state index is 13.5. The number of aliphatic carboxylic acids is 1. The minimum atomic E-state index is -3.35. The van der Waals surface area contributed by atoms with Crippen molar-refractivity contribution in [3.63, 3.8) is 0 Å². The predicted octanol–water partition coefficient (Wildman–Crippen LogP) is 2.69. The van der Waals surface area contributed by atoms with Crippen LogP contribution < -0.4 is 0 Å². The third-order valence-corrected chi connectivity index (χ3v) is 1.86. The van der Waals surface area contributed by atoms with Gasteiger partial charge in [-0.1, -0.05) is 0 Å². The number of halogens is 5. The Morgan fingerprint density at radius 1 is 1.44 bits per heavy atom. The third kappa shape index (κ3) is 2.12. The normalized spacial score (nSPS) is 30.8. The second-order valence-corrected chi connectivity index (χ2v) is 3.02. The topological polar surface area (TPSA) is 37.3 Å². The van der Waals surface area contributed by atoms with E-state index in [1.165, 1.54) is 0 Å². The van der Waals surface area contributed by atoms with Crippen LogP contribution >= 0.6 is 0 Å². The Hall–Kier alpha value is -1.66. The number of carboxylic acid groups (broad SMARTS) is 1. The first-order valence-corrected chi connectivity index (χ1v) is 3.97. The van der Waals surface area contributed by atoms with Crippen molar-refractivity contribution in [2.24, 2.45) is 0 Å². The lowest BCUT2D eigenvalue weighted by Gasteiger charge is -2.24. The van der Waals surface area contributed by atoms with Crippen molar-refractivity contribution in [2.75, 3.05) is 0 Å². The summed E-state index contributed by atoms with van der Waals surface area (Å²) in [4.78, 5) is 10.0. The number of rotatable bonds is 2. The van der Waals surface area contributed by atoms with Gasteiger partial charge in [0, 0.05) is 6.08 Å². The van der Waals surface area contributed by atoms with E-state index in [-0.39, 0.29) is 18.2 Å². The van der Waals surface area contributed by atoms with Gasteiger partial charge < -0.3 is 5.11 Å². The zero-order valence-corrected chi connectivity index (χ0v) is 7.55. The summed E-state index contributed by atoms with van der Waals surface area (Å²) < 4.78 is 64.3. The summed E-state index contributed by atoms with van der Waals surface area (Å²) >= 11 is 0. The zero-order valence-electron chi connectivity index (χ0n) is 7.55. The number of alkyl halides is 2. The molecule has 1 rings (SSSR count). The van der Waals surface area contributed by atoms with Crippen molar-refractivity contribution < 1.29 is 31.9 Å². The standard InChI is InChI=1S/C9H5F5O2/c10-4-3-9(14,2-1-5(15)16)8(13)7(12)6(4)11/h1-3,8H,(H,15,16). The first-order valence-electron chi connectivity index (χ1n) is 3.97. The quantitative estimate of drug-likeness (QED) is 0.595. The van der Waals surface area contributed by atoms with Crippen LogP contribution in [0.15, 0.2) is 35.7 Å². The molecule has 2 unspecified atom stereocenters. The van der Waals surface area contributed by atoms with E-state index >= 15 is 0 Å². The molecule has 1 N–H and O–H groups in total. The minimum absolute atomic E-state index is 0.103. The number of carbonyl (C=O) groups is 1. The molecule has 1 aliphatic rings. The number of allylic oxidation sites excluding steroid dienone is 5. The van der Waals surface area contributed by atoms with E-state index in [1.54, 1.807) is 0 Å². The van der Waals surface area contributed by atoms with Crippen molar-refractivity contribution in [3.8, 4) is 0 Å². The Morgan fingerprint density at radius 2 is 2.00 bits per heavy atom. The van der Waals surface area contributed by atoms with Gasteiger partial charge in [0.05, 0.1) is 0 Å². The van der Waals surface area contributed by atoms with Gasteiger partial charge in [-0.05, 0) is 12.2 Å². The first kappa shape index (κ1) is 12.4. The van der Waals surface area contributed by atoms with Crippen LogP contribution in [0.5, 0.6) is 0 Å². The third-order valence-electron chi connectivity index (χ3n) is 1.86. The first-order chi connectivity index (χ1) is 7.28. The molecular formula is C9H5F5O2. The van der Waals surface area contributed by atoms with Gasteiger partial charge in [-0.2, -0.15) is 0 Å². The van der Waals surface area contributed by atoms with E-state index < -0.39 is 35.3 Å². The molecule has 0 saturated carbocycles. The molecule has 7 heteroatoms. The predicted molar refractivity (Wildman–Crippen MR) is 43.9 cm³/mol. The van der Waals surface area contributed by atoms with Crippen molar-refractivity contribution in [2.45, 2.75) is 11.8 Å². The largest absolute Gasteiger partial charge is 0.478 e. The van der Waals surface area contributed by atoms with Crippen LogP contribution in [0.4, 0.5) is 22.0 Å². The van der Waals surface area contributed by atoms with Crippen LogP contribution in [-0.2, 0) is 4.79 Å². The summed E-state index contributed by atoms with van der Waals surface area (Å²) in [7, 11) is 0. The van der Waals surface area contributed by atoms with Gasteiger partial charge in [0.15, 0.2) is 29.3 Å². The molecule has 0 aromatic heterocycles. The molecule has 1 aliphatic carbocycles. The van der Waals surface area contributed by atoms with Crippen LogP contribution in [0.1, 0.15) is 0 Å². The second kappa shape index (κ2) is 4.07. The van der Waals surface area contributed by atoms with Gasteiger partial charge in [0.1, 0.15) is 0 Å². The van der Waals surface area contributed by atoms with Crippen molar-refractivity contribution in [3.05, 3.63) is 35.7 Å². The smallest absolute Gasteiger partial charge is 0.328 e. The minimum Gasteiger partial charge on any atom is -0.478 e. The number of hydrogen-bond donors (Lipinski definition) is 1. The summed E-state index contributed by atoms with van der Waals surface area (Å²) in [5.74, 6) is -7.90. The van der Waals surface area contributed by atoms with Crippen LogP contribution in [0, 0.1) is 0 Å². The molecule has 0 amide bonds. The van der Waals surface area contributed by atoms with Gasteiger partial charge in [0.2, 0.25) is 0 Å². The number of carboxylic acids is 1. The SMILES string of the molecule is O=C(O)C=CC1(F)C=C(F)C(F)=C(F)C1F. The maximum Gasteiger partial charge on any atom is 0.328 e. The van der Waals surface area contributed by atoms with E-state index in [0.29, 0.717) is 0 Å². The molecule has 2 atom stereocenters. The average molecular weight is 240 g/mol. The van der Waals surface area contributed by atoms with Crippen LogP contribution in [0.25, 0.3) is 0 Å². The van der Waals surface area contributed by atoms with E-state index in [1.807, 2.05) is 0 Å². The fourth-order valence-corrected chi connectivity index (χ4v) is 1.08. The maximum absolute atomic E-state index is 13.5. The van der Waals surface area contributed by atoms with E-state index in [4.69, 9.17) is 5.11 Å². The summed E-state index contributed by atoms with van der Waals surface area (Å²) in [6.45, 7) is 0. The lowest BCUT2D eigenvalue weighted by atomic mass is 9.93. The second-order valence-electron chi connectivity index (χ2n) is 3.02. The average Bonchev–Trinajstić information content (AvgIpc) is 2.21. The van der Waals surface area contributed by atoms with Crippen LogP contribution in [0.2, 0.25) is 0 Å². The monoisotopic (exact) mass is 240 g/mol. The van der Waals surface area contributed by atoms with E-state index in [9.17, 15) is 26.7 Å². The molecule has 0 heterocycles. The Kier molecular flexibility index (Phi) is 3.16. The molecule has 0 aromatic carbocycles. The van der Waals surface area contributed by atoms with Gasteiger partial charge in [-0.3, -0.25) is 0 Å². The Balaban J connectivity index is 3.14. The zero-order chi connectivity index (χ0) is 12.5. The van der Waals surface area contributed by atoms with Gasteiger partial charge in [-0.15, -0.1) is 0 Å². The van der Waals surface area contributed by atoms with Gasteiger partial charge in [-0.25, -0.2) is 26.7 Å². The summed E-state index contributed by atoms with van der Waals surface area (Å²) in [5.41, 5.74) is -3.35. The summed E-state index contributed by atoms with van der Waals surface area (Å²) in [6, 6.07) is 0. The molecular weight excluding hydrogens is 235 g/mol. The van der Waals surface area contributed by atoms with Gasteiger partial charge >= 0.3 is 5.97 Å². The Morgan fingerprint density at radius 3 is 2.50 bits per heavy atom. The number of hydrogen-bond acceptors (Lipinski definition) is 1. The fourth-order valence-electron chi connectivity index (χ4n) is 1.08. The molecule has 0 radical (unpaired) electrons. The van der Waals surface area contributed by atoms with Crippen molar-refractivity contribution >= 4 is 5.97 Å². The lowest BCUT2D eigenvalue weighted by Crippen LogP contribution is -2.34. The molecule has 0 fully saturated rings. The van der Waals surface area contributed by atoms with Gasteiger partial charge in [0.25, 0.3) is 0 Å². The van der Waals surface area contributed by atoms with E-state index in [2.05, 4.69) is 0 Å². The molecule has 0 aromatic rings. The van der Waals surface area contributed by atoms with Crippen LogP contribution in [0.3, 0.4) is 0 Å². The lowest BCUT2D eigenvalue weighted by molar-refractivity contribution is -0.131. The Bertz CT molecular complexity index is 412. The fraction of sp³-hybridized carbons (Fsp3) is 0.222. The van der Waals surface area contributed by atoms with Crippen LogP contribution in [-0.4, -0.2) is 22.9 Å². The molecule has 16 heavy (non-hydrogen) atoms. The van der Waals surface area contributed by atoms with Crippen molar-refractivity contribution in [1.82, 2.24) is 0 Å². The van der Waals surface area contributed by atoms with E-state index in [0.717, 1.165) is 0 Å². The Labute approximate surface area is 86.4 Å². The summed E-state index contributed by atoms with van der Waals surface area (Å²) in [5, 5.41) is 8.16. The highest BCUT2D eigenvalue weighted by atomic mass is 19.2. The molecule has 0 saturated heterocycles. The molecule has 2 nitrogen and oxygen atoms in total. The highest BCUT2D eigenvalue weighted by Crippen LogP contribution is 2.39. The highest BCUT2D eigenvalue weighted by molar-refractivity contribution is 5.80. The summed E-state index contributed by atoms with van der Waals surface area (Å²) in [6.07, 6.45) is -2.99. The van der Waals surface area contributed by atoms with Crippen molar-refractivity contribution in [1.29, 1.82) is 0 Å². The molecule has 0 bridgehead atoms. The molecule has 0 spiro atoms. The molecule has 88 valence electrons. The highest BCUT2D eigenvalue weighted by Gasteiger charge is 2.45.